The Bertz CT molecular complexity index is 4500. The standard InChI is InChI=1S/C67H33F6N7/c68-66(69,70)57-2-1-3-58(67(71,72)73)64(57)51-24-29-63(79-59-25-20-47(43-12-4-39(34-74)5-13-43)30-52(59)53-31-48(21-26-60(53)79)44-14-6-40(35-75)7-15-44)56(38-78)65(51)80-61-27-22-49(45-16-8-41(36-76)9-17-45)32-54(61)55-33-50(23-28-62(55)80)46-18-10-42(37-77)11-19-46/h1-33H. The zero-order valence-corrected chi connectivity index (χ0v) is 41.5. The summed E-state index contributed by atoms with van der Waals surface area (Å²) in [4.78, 5) is 0. The van der Waals surface area contributed by atoms with Crippen molar-refractivity contribution in [3.05, 3.63) is 239 Å². The number of alkyl halides is 6. The molecule has 0 bridgehead atoms. The predicted octanol–water partition coefficient (Wildman–Crippen LogP) is 17.6. The van der Waals surface area contributed by atoms with Crippen molar-refractivity contribution in [3.63, 3.8) is 0 Å². The summed E-state index contributed by atoms with van der Waals surface area (Å²) in [5, 5.41) is 52.6. The van der Waals surface area contributed by atoms with E-state index in [2.05, 4.69) is 30.3 Å². The maximum atomic E-state index is 15.5. The van der Waals surface area contributed by atoms with Crippen molar-refractivity contribution in [3.8, 4) is 97.4 Å². The molecule has 0 aliphatic rings. The Labute approximate surface area is 452 Å². The first kappa shape index (κ1) is 49.7. The third-order valence-electron chi connectivity index (χ3n) is 14.6. The van der Waals surface area contributed by atoms with Crippen LogP contribution >= 0.6 is 0 Å². The van der Waals surface area contributed by atoms with Crippen molar-refractivity contribution in [2.75, 3.05) is 0 Å². The van der Waals surface area contributed by atoms with E-state index in [1.807, 2.05) is 72.8 Å². The van der Waals surface area contributed by atoms with Crippen molar-refractivity contribution in [1.82, 2.24) is 9.13 Å². The van der Waals surface area contributed by atoms with E-state index in [1.165, 1.54) is 12.1 Å². The number of nitrogens with zero attached hydrogens (tertiary/aromatic N) is 7. The zero-order chi connectivity index (χ0) is 55.6. The normalized spacial score (nSPS) is 11.6. The third-order valence-corrected chi connectivity index (χ3v) is 14.6. The monoisotopic (exact) mass is 1050 g/mol. The second-order valence-electron chi connectivity index (χ2n) is 19.0. The van der Waals surface area contributed by atoms with Crippen LogP contribution in [-0.4, -0.2) is 9.13 Å². The number of benzene rings is 10. The molecule has 0 saturated carbocycles. The number of halogens is 6. The highest BCUT2D eigenvalue weighted by atomic mass is 19.4. The maximum absolute atomic E-state index is 15.5. The molecule has 0 amide bonds. The fourth-order valence-electron chi connectivity index (χ4n) is 10.8. The number of aromatic nitrogens is 2. The molecule has 0 aliphatic carbocycles. The van der Waals surface area contributed by atoms with Gasteiger partial charge in [-0.3, -0.25) is 0 Å². The van der Waals surface area contributed by atoms with Gasteiger partial charge in [-0.1, -0.05) is 84.9 Å². The highest BCUT2D eigenvalue weighted by Crippen LogP contribution is 2.50. The van der Waals surface area contributed by atoms with E-state index in [9.17, 15) is 26.3 Å². The number of hydrogen-bond donors (Lipinski definition) is 0. The lowest BCUT2D eigenvalue weighted by atomic mass is 9.90. The highest BCUT2D eigenvalue weighted by molar-refractivity contribution is 6.14. The first-order valence-corrected chi connectivity index (χ1v) is 24.7. The highest BCUT2D eigenvalue weighted by Gasteiger charge is 2.42. The molecule has 0 saturated heterocycles. The van der Waals surface area contributed by atoms with E-state index in [4.69, 9.17) is 0 Å². The molecule has 2 heterocycles. The van der Waals surface area contributed by atoms with Gasteiger partial charge < -0.3 is 9.13 Å². The molecule has 0 radical (unpaired) electrons. The van der Waals surface area contributed by atoms with Gasteiger partial charge in [-0.25, -0.2) is 0 Å². The Morgan fingerprint density at radius 3 is 0.900 bits per heavy atom. The third kappa shape index (κ3) is 8.39. The summed E-state index contributed by atoms with van der Waals surface area (Å²) in [5.41, 5.74) is 4.41. The summed E-state index contributed by atoms with van der Waals surface area (Å²) in [6.07, 6.45) is -10.6. The first-order valence-electron chi connectivity index (χ1n) is 24.7. The number of rotatable bonds is 7. The van der Waals surface area contributed by atoms with Gasteiger partial charge in [-0.2, -0.15) is 52.7 Å². The Balaban J connectivity index is 1.21. The topological polar surface area (TPSA) is 129 Å². The average molecular weight is 1050 g/mol. The van der Waals surface area contributed by atoms with Crippen LogP contribution in [0.4, 0.5) is 26.3 Å². The van der Waals surface area contributed by atoms with Crippen LogP contribution in [0.2, 0.25) is 0 Å². The van der Waals surface area contributed by atoms with Gasteiger partial charge in [0, 0.05) is 32.7 Å². The predicted molar refractivity (Wildman–Crippen MR) is 296 cm³/mol. The molecule has 0 atom stereocenters. The molecular formula is C67H33F6N7. The van der Waals surface area contributed by atoms with E-state index < -0.39 is 34.6 Å². The molecule has 0 unspecified atom stereocenters. The minimum absolute atomic E-state index is 0.153. The molecule has 10 aromatic carbocycles. The van der Waals surface area contributed by atoms with Gasteiger partial charge in [0.2, 0.25) is 0 Å². The quantitative estimate of drug-likeness (QED) is 0.147. The Morgan fingerprint density at radius 1 is 0.312 bits per heavy atom. The van der Waals surface area contributed by atoms with Crippen LogP contribution in [-0.2, 0) is 12.4 Å². The fraction of sp³-hybridized carbons (Fsp3) is 0.0299. The minimum atomic E-state index is -5.29. The van der Waals surface area contributed by atoms with Crippen molar-refractivity contribution >= 4 is 43.6 Å². The molecule has 80 heavy (non-hydrogen) atoms. The molecule has 0 N–H and O–H groups in total. The van der Waals surface area contributed by atoms with Gasteiger partial charge in [0.15, 0.2) is 0 Å². The van der Waals surface area contributed by atoms with Crippen LogP contribution in [0.15, 0.2) is 200 Å². The van der Waals surface area contributed by atoms with E-state index in [-0.39, 0.29) is 16.9 Å². The van der Waals surface area contributed by atoms with E-state index in [1.54, 1.807) is 106 Å². The summed E-state index contributed by atoms with van der Waals surface area (Å²) in [5.74, 6) is 0. The van der Waals surface area contributed by atoms with Crippen molar-refractivity contribution in [1.29, 1.82) is 26.3 Å². The summed E-state index contributed by atoms with van der Waals surface area (Å²) in [6, 6.07) is 65.2. The van der Waals surface area contributed by atoms with Gasteiger partial charge in [0.05, 0.1) is 91.1 Å². The molecule has 0 fully saturated rings. The average Bonchev–Trinajstić information content (AvgIpc) is 4.10. The molecule has 12 aromatic rings. The maximum Gasteiger partial charge on any atom is 0.417 e. The van der Waals surface area contributed by atoms with Crippen LogP contribution in [0.3, 0.4) is 0 Å². The Hall–Kier alpha value is -11.2. The van der Waals surface area contributed by atoms with Crippen LogP contribution in [0.5, 0.6) is 0 Å². The summed E-state index contributed by atoms with van der Waals surface area (Å²) >= 11 is 0. The SMILES string of the molecule is N#Cc1ccc(-c2ccc3c(c2)c2cc(-c4ccc(C#N)cc4)ccc2n3-c2ccc(-c3c(C(F)(F)F)cccc3C(F)(F)F)c(-n3c4ccc(-c5ccc(C#N)cc5)cc4c4cc(-c5ccc(C#N)cc5)ccc43)c2C#N)cc1. The first-order chi connectivity index (χ1) is 38.7. The van der Waals surface area contributed by atoms with Crippen molar-refractivity contribution in [2.45, 2.75) is 12.4 Å². The molecule has 2 aromatic heterocycles. The molecule has 0 aliphatic heterocycles. The summed E-state index contributed by atoms with van der Waals surface area (Å²) < 4.78 is 96.4. The van der Waals surface area contributed by atoms with Crippen LogP contribution in [0.1, 0.15) is 38.9 Å². The molecule has 0 spiro atoms. The molecule has 7 nitrogen and oxygen atoms in total. The van der Waals surface area contributed by atoms with Crippen molar-refractivity contribution in [2.24, 2.45) is 0 Å². The van der Waals surface area contributed by atoms with Crippen molar-refractivity contribution < 1.29 is 26.3 Å². The van der Waals surface area contributed by atoms with Crippen LogP contribution in [0, 0.1) is 56.7 Å². The van der Waals surface area contributed by atoms with E-state index in [0.29, 0.717) is 89.1 Å². The Morgan fingerprint density at radius 2 is 0.613 bits per heavy atom. The second kappa shape index (κ2) is 19.1. The zero-order valence-electron chi connectivity index (χ0n) is 41.5. The van der Waals surface area contributed by atoms with E-state index in [0.717, 1.165) is 39.4 Å². The second-order valence-corrected chi connectivity index (χ2v) is 19.0. The molecular weight excluding hydrogens is 1020 g/mol. The largest absolute Gasteiger partial charge is 0.417 e. The summed E-state index contributed by atoms with van der Waals surface area (Å²) in [6.45, 7) is 0. The number of nitriles is 5. The van der Waals surface area contributed by atoms with Crippen LogP contribution in [0.25, 0.3) is 111 Å². The summed E-state index contributed by atoms with van der Waals surface area (Å²) in [7, 11) is 0. The number of hydrogen-bond acceptors (Lipinski definition) is 5. The minimum Gasteiger partial charge on any atom is -0.308 e. The van der Waals surface area contributed by atoms with Gasteiger partial charge in [0.1, 0.15) is 11.6 Å². The lowest BCUT2D eigenvalue weighted by Crippen LogP contribution is -2.16. The lowest BCUT2D eigenvalue weighted by Gasteiger charge is -2.24. The number of fused-ring (bicyclic) bond motifs is 6. The molecule has 12 rings (SSSR count). The van der Waals surface area contributed by atoms with Gasteiger partial charge in [0.25, 0.3) is 0 Å². The van der Waals surface area contributed by atoms with Crippen LogP contribution < -0.4 is 0 Å². The van der Waals surface area contributed by atoms with Gasteiger partial charge in [-0.15, -0.1) is 0 Å². The molecule has 13 heteroatoms. The fourth-order valence-corrected chi connectivity index (χ4v) is 10.8. The smallest absolute Gasteiger partial charge is 0.308 e. The van der Waals surface area contributed by atoms with Gasteiger partial charge >= 0.3 is 12.4 Å². The van der Waals surface area contributed by atoms with E-state index >= 15 is 26.3 Å². The lowest BCUT2D eigenvalue weighted by molar-refractivity contribution is -0.142. The van der Waals surface area contributed by atoms with Gasteiger partial charge in [-0.05, 0) is 160 Å². The Kier molecular flexibility index (Phi) is 11.9. The molecule has 378 valence electrons.